The quantitative estimate of drug-likeness (QED) is 0.626. The highest BCUT2D eigenvalue weighted by molar-refractivity contribution is 7.09. The average molecular weight is 416 g/mol. The summed E-state index contributed by atoms with van der Waals surface area (Å²) in [6, 6.07) is 11.8. The molecule has 156 valence electrons. The fraction of sp³-hybridized carbons (Fsp3) is 0.455. The van der Waals surface area contributed by atoms with Crippen molar-refractivity contribution in [1.82, 2.24) is 10.2 Å². The molecule has 2 aromatic rings. The fourth-order valence-corrected chi connectivity index (χ4v) is 4.21. The minimum Gasteiger partial charge on any atom is -0.377 e. The zero-order valence-corrected chi connectivity index (χ0v) is 17.7. The Morgan fingerprint density at radius 3 is 2.79 bits per heavy atom. The zero-order valence-electron chi connectivity index (χ0n) is 16.9. The second-order valence-corrected chi connectivity index (χ2v) is 8.25. The molecular formula is C22H29N3O3S. The van der Waals surface area contributed by atoms with Gasteiger partial charge in [-0.05, 0) is 42.3 Å². The van der Waals surface area contributed by atoms with Crippen LogP contribution in [0.1, 0.15) is 30.2 Å². The van der Waals surface area contributed by atoms with E-state index in [0.29, 0.717) is 6.54 Å². The van der Waals surface area contributed by atoms with Crippen LogP contribution in [0.3, 0.4) is 0 Å². The Morgan fingerprint density at radius 1 is 1.21 bits per heavy atom. The Labute approximate surface area is 176 Å². The van der Waals surface area contributed by atoms with Crippen LogP contribution in [0, 0.1) is 0 Å². The van der Waals surface area contributed by atoms with Crippen molar-refractivity contribution in [3.05, 3.63) is 52.2 Å². The van der Waals surface area contributed by atoms with Gasteiger partial charge in [0.2, 0.25) is 11.8 Å². The van der Waals surface area contributed by atoms with Crippen molar-refractivity contribution < 1.29 is 14.3 Å². The molecule has 0 spiro atoms. The third-order valence-electron chi connectivity index (χ3n) is 4.93. The van der Waals surface area contributed by atoms with Gasteiger partial charge >= 0.3 is 0 Å². The van der Waals surface area contributed by atoms with Gasteiger partial charge < -0.3 is 15.4 Å². The highest BCUT2D eigenvalue weighted by atomic mass is 32.1. The summed E-state index contributed by atoms with van der Waals surface area (Å²) < 4.78 is 5.74. The van der Waals surface area contributed by atoms with Crippen LogP contribution in [-0.2, 0) is 27.3 Å². The first-order valence-corrected chi connectivity index (χ1v) is 11.0. The van der Waals surface area contributed by atoms with E-state index < -0.39 is 0 Å². The Bertz CT molecular complexity index is 788. The first-order valence-electron chi connectivity index (χ1n) is 10.1. The van der Waals surface area contributed by atoms with Crippen molar-refractivity contribution >= 4 is 28.8 Å². The van der Waals surface area contributed by atoms with Gasteiger partial charge in [0.25, 0.3) is 0 Å². The Hall–Kier alpha value is -2.22. The maximum absolute atomic E-state index is 12.5. The molecule has 3 rings (SSSR count). The lowest BCUT2D eigenvalue weighted by Gasteiger charge is -2.24. The van der Waals surface area contributed by atoms with Crippen molar-refractivity contribution in [2.75, 3.05) is 31.6 Å². The number of hydrogen-bond donors (Lipinski definition) is 2. The molecule has 1 saturated heterocycles. The van der Waals surface area contributed by atoms with Crippen LogP contribution in [0.2, 0.25) is 0 Å². The first-order chi connectivity index (χ1) is 14.1. The van der Waals surface area contributed by atoms with E-state index >= 15 is 0 Å². The summed E-state index contributed by atoms with van der Waals surface area (Å²) in [7, 11) is 0. The van der Waals surface area contributed by atoms with E-state index in [4.69, 9.17) is 4.74 Å². The second kappa shape index (κ2) is 11.1. The van der Waals surface area contributed by atoms with E-state index in [2.05, 4.69) is 21.6 Å². The number of nitrogens with one attached hydrogen (secondary N) is 2. The molecule has 2 N–H and O–H groups in total. The number of ether oxygens (including phenoxy) is 1. The molecule has 2 amide bonds. The number of rotatable bonds is 10. The topological polar surface area (TPSA) is 70.7 Å². The molecule has 0 unspecified atom stereocenters. The molecule has 0 aliphatic carbocycles. The van der Waals surface area contributed by atoms with Gasteiger partial charge in [0.1, 0.15) is 0 Å². The third kappa shape index (κ3) is 6.96. The molecule has 1 aliphatic heterocycles. The summed E-state index contributed by atoms with van der Waals surface area (Å²) in [6.07, 6.45) is 3.12. The predicted molar refractivity (Wildman–Crippen MR) is 116 cm³/mol. The Kier molecular flexibility index (Phi) is 8.22. The molecule has 7 heteroatoms. The van der Waals surface area contributed by atoms with Gasteiger partial charge in [0, 0.05) is 30.3 Å². The lowest BCUT2D eigenvalue weighted by Crippen LogP contribution is -2.42. The number of hydrogen-bond acceptors (Lipinski definition) is 5. The minimum atomic E-state index is -0.219. The van der Waals surface area contributed by atoms with Crippen molar-refractivity contribution in [3.8, 4) is 0 Å². The standard InChI is InChI=1S/C22H29N3O3S/c1-2-17-7-3-4-10-20(17)24-21(26)13-23-22(27)16-25(14-18-8-5-11-28-18)15-19-9-6-12-29-19/h3-4,6-7,9-10,12,18H,2,5,8,11,13-16H2,1H3,(H,23,27)(H,24,26)/t18-/m1/s1. The van der Waals surface area contributed by atoms with Crippen LogP contribution >= 0.6 is 11.3 Å². The van der Waals surface area contributed by atoms with Crippen LogP contribution in [0.15, 0.2) is 41.8 Å². The molecule has 1 fully saturated rings. The normalized spacial score (nSPS) is 16.1. The molecule has 1 aliphatic rings. The Balaban J connectivity index is 1.48. The molecule has 1 aromatic heterocycles. The number of carbonyl (C=O) groups is 2. The number of carbonyl (C=O) groups excluding carboxylic acids is 2. The molecule has 0 radical (unpaired) electrons. The van der Waals surface area contributed by atoms with E-state index in [1.165, 1.54) is 4.88 Å². The molecule has 1 atom stereocenters. The summed E-state index contributed by atoms with van der Waals surface area (Å²) in [4.78, 5) is 28.0. The van der Waals surface area contributed by atoms with Gasteiger partial charge in [-0.15, -0.1) is 11.3 Å². The summed E-state index contributed by atoms with van der Waals surface area (Å²) >= 11 is 1.68. The van der Waals surface area contributed by atoms with Gasteiger partial charge in [-0.1, -0.05) is 31.2 Å². The summed E-state index contributed by atoms with van der Waals surface area (Å²) in [6.45, 7) is 4.48. The summed E-state index contributed by atoms with van der Waals surface area (Å²) in [5, 5.41) is 7.66. The van der Waals surface area contributed by atoms with Crippen LogP contribution in [0.4, 0.5) is 5.69 Å². The number of anilines is 1. The molecule has 29 heavy (non-hydrogen) atoms. The summed E-state index contributed by atoms with van der Waals surface area (Å²) in [5.74, 6) is -0.373. The fourth-order valence-electron chi connectivity index (χ4n) is 3.47. The van der Waals surface area contributed by atoms with Crippen LogP contribution < -0.4 is 10.6 Å². The van der Waals surface area contributed by atoms with Crippen LogP contribution in [0.5, 0.6) is 0 Å². The van der Waals surface area contributed by atoms with Gasteiger partial charge in [-0.3, -0.25) is 14.5 Å². The van der Waals surface area contributed by atoms with Crippen molar-refractivity contribution in [3.63, 3.8) is 0 Å². The number of thiophene rings is 1. The highest BCUT2D eigenvalue weighted by Crippen LogP contribution is 2.17. The molecule has 6 nitrogen and oxygen atoms in total. The highest BCUT2D eigenvalue weighted by Gasteiger charge is 2.21. The SMILES string of the molecule is CCc1ccccc1NC(=O)CNC(=O)CN(Cc1cccs1)C[C@H]1CCCO1. The summed E-state index contributed by atoms with van der Waals surface area (Å²) in [5.41, 5.74) is 1.87. The van der Waals surface area contributed by atoms with Crippen molar-refractivity contribution in [2.24, 2.45) is 0 Å². The first kappa shape index (κ1) is 21.5. The maximum atomic E-state index is 12.5. The molecule has 2 heterocycles. The van der Waals surface area contributed by atoms with E-state index in [0.717, 1.165) is 43.7 Å². The monoisotopic (exact) mass is 415 g/mol. The van der Waals surface area contributed by atoms with E-state index in [9.17, 15) is 9.59 Å². The zero-order chi connectivity index (χ0) is 20.5. The number of aryl methyl sites for hydroxylation is 1. The number of amides is 2. The van der Waals surface area contributed by atoms with Gasteiger partial charge in [-0.2, -0.15) is 0 Å². The lowest BCUT2D eigenvalue weighted by atomic mass is 10.1. The van der Waals surface area contributed by atoms with Crippen molar-refractivity contribution in [1.29, 1.82) is 0 Å². The Morgan fingerprint density at radius 2 is 2.07 bits per heavy atom. The van der Waals surface area contributed by atoms with Gasteiger partial charge in [0.15, 0.2) is 0 Å². The molecule has 0 saturated carbocycles. The van der Waals surface area contributed by atoms with E-state index in [1.54, 1.807) is 11.3 Å². The average Bonchev–Trinajstić information content (AvgIpc) is 3.41. The van der Waals surface area contributed by atoms with E-state index in [-0.39, 0.29) is 31.0 Å². The predicted octanol–water partition coefficient (Wildman–Crippen LogP) is 3.05. The van der Waals surface area contributed by atoms with Gasteiger partial charge in [0.05, 0.1) is 19.2 Å². The van der Waals surface area contributed by atoms with Crippen LogP contribution in [0.25, 0.3) is 0 Å². The molecular weight excluding hydrogens is 386 g/mol. The number of nitrogens with zero attached hydrogens (tertiary/aromatic N) is 1. The minimum absolute atomic E-state index is 0.0380. The third-order valence-corrected chi connectivity index (χ3v) is 5.79. The largest absolute Gasteiger partial charge is 0.377 e. The molecule has 0 bridgehead atoms. The van der Waals surface area contributed by atoms with Gasteiger partial charge in [-0.25, -0.2) is 0 Å². The number of para-hydroxylation sites is 1. The van der Waals surface area contributed by atoms with Crippen LogP contribution in [-0.4, -0.2) is 49.1 Å². The molecule has 1 aromatic carbocycles. The van der Waals surface area contributed by atoms with Crippen molar-refractivity contribution in [2.45, 2.75) is 38.8 Å². The maximum Gasteiger partial charge on any atom is 0.243 e. The number of benzene rings is 1. The van der Waals surface area contributed by atoms with E-state index in [1.807, 2.05) is 42.6 Å². The second-order valence-electron chi connectivity index (χ2n) is 7.22. The smallest absolute Gasteiger partial charge is 0.243 e. The lowest BCUT2D eigenvalue weighted by molar-refractivity contribution is -0.125.